The second-order valence-electron chi connectivity index (χ2n) is 8.54. The van der Waals surface area contributed by atoms with Crippen LogP contribution in [-0.2, 0) is 14.8 Å². The van der Waals surface area contributed by atoms with E-state index in [4.69, 9.17) is 4.74 Å². The molecule has 1 rings (SSSR count). The second kappa shape index (κ2) is 11.5. The van der Waals surface area contributed by atoms with Gasteiger partial charge in [0.15, 0.2) is 0 Å². The molecule has 0 aliphatic rings. The number of carbonyl (C=O) groups is 1. The Labute approximate surface area is 175 Å². The lowest BCUT2D eigenvalue weighted by atomic mass is 10.1. The Hall–Kier alpha value is -1.64. The Bertz CT molecular complexity index is 714. The lowest BCUT2D eigenvalue weighted by Gasteiger charge is -2.31. The van der Waals surface area contributed by atoms with E-state index in [1.54, 1.807) is 51.1 Å². The number of alkyl carbamates (subject to hydrolysis) is 1. The molecule has 0 heterocycles. The van der Waals surface area contributed by atoms with Crippen LogP contribution in [0.3, 0.4) is 0 Å². The molecule has 166 valence electrons. The Balaban J connectivity index is 2.69. The van der Waals surface area contributed by atoms with Crippen molar-refractivity contribution in [1.29, 1.82) is 0 Å². The maximum atomic E-state index is 13.1. The zero-order chi connectivity index (χ0) is 22.1. The molecule has 1 atom stereocenters. The number of nitrogens with zero attached hydrogens (tertiary/aromatic N) is 1. The summed E-state index contributed by atoms with van der Waals surface area (Å²) in [4.78, 5) is 11.9. The molecular formula is C21H36N2O5S. The minimum Gasteiger partial charge on any atom is -0.444 e. The van der Waals surface area contributed by atoms with Gasteiger partial charge in [0.25, 0.3) is 0 Å². The number of hydrogen-bond donors (Lipinski definition) is 2. The van der Waals surface area contributed by atoms with E-state index in [0.717, 1.165) is 0 Å². The molecule has 1 amide bonds. The number of amides is 1. The largest absolute Gasteiger partial charge is 0.444 e. The van der Waals surface area contributed by atoms with Crippen molar-refractivity contribution in [2.24, 2.45) is 5.92 Å². The monoisotopic (exact) mass is 428 g/mol. The third kappa shape index (κ3) is 9.14. The van der Waals surface area contributed by atoms with Gasteiger partial charge >= 0.3 is 6.09 Å². The van der Waals surface area contributed by atoms with E-state index < -0.39 is 27.8 Å². The summed E-state index contributed by atoms with van der Waals surface area (Å²) >= 11 is 0. The van der Waals surface area contributed by atoms with Crippen LogP contribution < -0.4 is 5.32 Å². The maximum absolute atomic E-state index is 13.1. The summed E-state index contributed by atoms with van der Waals surface area (Å²) in [7, 11) is -3.70. The molecule has 8 heteroatoms. The van der Waals surface area contributed by atoms with E-state index in [1.165, 1.54) is 4.31 Å². The fourth-order valence-corrected chi connectivity index (χ4v) is 4.70. The van der Waals surface area contributed by atoms with Crippen LogP contribution in [0.15, 0.2) is 35.2 Å². The van der Waals surface area contributed by atoms with Crippen LogP contribution in [0.5, 0.6) is 0 Å². The van der Waals surface area contributed by atoms with Crippen LogP contribution in [0.1, 0.15) is 53.9 Å². The van der Waals surface area contributed by atoms with Crippen LogP contribution in [0.2, 0.25) is 0 Å². The van der Waals surface area contributed by atoms with Crippen molar-refractivity contribution in [2.75, 3.05) is 19.7 Å². The van der Waals surface area contributed by atoms with Gasteiger partial charge in [-0.3, -0.25) is 0 Å². The number of benzene rings is 1. The van der Waals surface area contributed by atoms with Gasteiger partial charge in [0, 0.05) is 19.1 Å². The highest BCUT2D eigenvalue weighted by Crippen LogP contribution is 2.22. The van der Waals surface area contributed by atoms with Gasteiger partial charge in [-0.1, -0.05) is 38.5 Å². The third-order valence-electron chi connectivity index (χ3n) is 4.15. The summed E-state index contributed by atoms with van der Waals surface area (Å²) < 4.78 is 32.8. The van der Waals surface area contributed by atoms with Crippen LogP contribution in [0.25, 0.3) is 0 Å². The van der Waals surface area contributed by atoms with Gasteiger partial charge in [0.1, 0.15) is 5.60 Å². The van der Waals surface area contributed by atoms with Gasteiger partial charge in [-0.15, -0.1) is 0 Å². The average Bonchev–Trinajstić information content (AvgIpc) is 2.62. The van der Waals surface area contributed by atoms with E-state index >= 15 is 0 Å². The second-order valence-corrected chi connectivity index (χ2v) is 10.4. The number of hydrogen-bond acceptors (Lipinski definition) is 5. The summed E-state index contributed by atoms with van der Waals surface area (Å²) in [5.41, 5.74) is -0.546. The van der Waals surface area contributed by atoms with E-state index in [1.807, 2.05) is 13.8 Å². The summed E-state index contributed by atoms with van der Waals surface area (Å²) in [6.07, 6.45) is 1.37. The van der Waals surface area contributed by atoms with Crippen molar-refractivity contribution in [1.82, 2.24) is 9.62 Å². The quantitative estimate of drug-likeness (QED) is 0.527. The first-order valence-electron chi connectivity index (χ1n) is 10.1. The van der Waals surface area contributed by atoms with Gasteiger partial charge in [0.2, 0.25) is 10.0 Å². The summed E-state index contributed by atoms with van der Waals surface area (Å²) in [6, 6.07) is 7.79. The Kier molecular flexibility index (Phi) is 10.1. The molecule has 0 aliphatic carbocycles. The molecule has 2 N–H and O–H groups in total. The number of aliphatic hydroxyl groups excluding tert-OH is 1. The summed E-state index contributed by atoms with van der Waals surface area (Å²) in [5.74, 6) is 0.122. The maximum Gasteiger partial charge on any atom is 0.407 e. The zero-order valence-electron chi connectivity index (χ0n) is 18.2. The smallest absolute Gasteiger partial charge is 0.407 e. The molecule has 0 unspecified atom stereocenters. The first-order valence-corrected chi connectivity index (χ1v) is 11.6. The van der Waals surface area contributed by atoms with Crippen LogP contribution in [0.4, 0.5) is 4.79 Å². The van der Waals surface area contributed by atoms with Crippen molar-refractivity contribution in [3.05, 3.63) is 30.3 Å². The molecule has 0 saturated heterocycles. The van der Waals surface area contributed by atoms with E-state index in [-0.39, 0.29) is 17.4 Å². The Morgan fingerprint density at radius 1 is 1.17 bits per heavy atom. The standard InChI is InChI=1S/C21H36N2O5S/c1-17(2)15-23(29(26,27)19-12-7-6-8-13-19)18(16-24)11-9-10-14-22-20(25)28-21(3,4)5/h6-8,12-13,17-18,24H,9-11,14-16H2,1-5H3,(H,22,25)/t18-/m0/s1. The number of carbonyl (C=O) groups excluding carboxylic acids is 1. The predicted octanol–water partition coefficient (Wildman–Crippen LogP) is 3.39. The van der Waals surface area contributed by atoms with Crippen LogP contribution >= 0.6 is 0 Å². The molecule has 0 bridgehead atoms. The van der Waals surface area contributed by atoms with Gasteiger partial charge < -0.3 is 15.2 Å². The van der Waals surface area contributed by atoms with E-state index in [2.05, 4.69) is 5.32 Å². The number of unbranched alkanes of at least 4 members (excludes halogenated alkanes) is 1. The molecule has 0 saturated carbocycles. The van der Waals surface area contributed by atoms with Gasteiger partial charge in [0.05, 0.1) is 11.5 Å². The van der Waals surface area contributed by atoms with Crippen LogP contribution in [-0.4, -0.2) is 55.3 Å². The molecule has 0 radical (unpaired) electrons. The molecule has 29 heavy (non-hydrogen) atoms. The highest BCUT2D eigenvalue weighted by molar-refractivity contribution is 7.89. The average molecular weight is 429 g/mol. The van der Waals surface area contributed by atoms with Gasteiger partial charge in [-0.2, -0.15) is 4.31 Å². The Morgan fingerprint density at radius 3 is 2.31 bits per heavy atom. The van der Waals surface area contributed by atoms with Crippen molar-refractivity contribution >= 4 is 16.1 Å². The highest BCUT2D eigenvalue weighted by atomic mass is 32.2. The topological polar surface area (TPSA) is 95.9 Å². The first kappa shape index (κ1) is 25.4. The number of aliphatic hydroxyl groups is 1. The fourth-order valence-electron chi connectivity index (χ4n) is 2.87. The van der Waals surface area contributed by atoms with Crippen molar-refractivity contribution in [3.63, 3.8) is 0 Å². The summed E-state index contributed by atoms with van der Waals surface area (Å²) in [5, 5.41) is 12.6. The normalized spacial score (nSPS) is 13.5. The fraction of sp³-hybridized carbons (Fsp3) is 0.667. The Morgan fingerprint density at radius 2 is 1.79 bits per heavy atom. The minimum absolute atomic E-state index is 0.122. The van der Waals surface area contributed by atoms with E-state index in [9.17, 15) is 18.3 Å². The van der Waals surface area contributed by atoms with Crippen molar-refractivity contribution in [3.8, 4) is 0 Å². The predicted molar refractivity (Wildman–Crippen MR) is 114 cm³/mol. The van der Waals surface area contributed by atoms with Gasteiger partial charge in [-0.05, 0) is 51.7 Å². The molecule has 1 aromatic rings. The van der Waals surface area contributed by atoms with E-state index in [0.29, 0.717) is 32.4 Å². The number of rotatable bonds is 11. The number of ether oxygens (including phenoxy) is 1. The lowest BCUT2D eigenvalue weighted by molar-refractivity contribution is 0.0526. The number of sulfonamides is 1. The van der Waals surface area contributed by atoms with Gasteiger partial charge in [-0.25, -0.2) is 13.2 Å². The van der Waals surface area contributed by atoms with Crippen LogP contribution in [0, 0.1) is 5.92 Å². The van der Waals surface area contributed by atoms with Crippen molar-refractivity contribution < 1.29 is 23.1 Å². The van der Waals surface area contributed by atoms with Crippen molar-refractivity contribution in [2.45, 2.75) is 70.4 Å². The molecule has 0 aromatic heterocycles. The molecule has 0 aliphatic heterocycles. The highest BCUT2D eigenvalue weighted by Gasteiger charge is 2.31. The SMILES string of the molecule is CC(C)CN([C@H](CO)CCCCNC(=O)OC(C)(C)C)S(=O)(=O)c1ccccc1. The molecular weight excluding hydrogens is 392 g/mol. The third-order valence-corrected chi connectivity index (χ3v) is 6.08. The molecule has 0 spiro atoms. The first-order chi connectivity index (χ1) is 13.5. The minimum atomic E-state index is -3.70. The lowest BCUT2D eigenvalue weighted by Crippen LogP contribution is -2.44. The molecule has 1 aromatic carbocycles. The molecule has 0 fully saturated rings. The number of nitrogens with one attached hydrogen (secondary N) is 1. The molecule has 7 nitrogen and oxygen atoms in total. The zero-order valence-corrected chi connectivity index (χ0v) is 19.0. The summed E-state index contributed by atoms with van der Waals surface area (Å²) in [6.45, 7) is 9.82.